The van der Waals surface area contributed by atoms with Gasteiger partial charge in [0.15, 0.2) is 0 Å². The maximum atomic E-state index is 8.85. The van der Waals surface area contributed by atoms with Crippen LogP contribution >= 0.6 is 0 Å². The van der Waals surface area contributed by atoms with E-state index >= 15 is 0 Å². The zero-order valence-electron chi connectivity index (χ0n) is 16.3. The van der Waals surface area contributed by atoms with Crippen molar-refractivity contribution in [2.24, 2.45) is 5.90 Å². The van der Waals surface area contributed by atoms with Crippen molar-refractivity contribution in [3.05, 3.63) is 0 Å². The molecule has 0 aliphatic carbocycles. The minimum atomic E-state index is -5.52. The van der Waals surface area contributed by atoms with E-state index in [4.69, 9.17) is 105 Å². The Labute approximate surface area is 230 Å². The standard InChI is InChI=1S/7Mo.H3NO2.14H2O.14O/c;;;;;;;1-3-2;;;;;;;;;;;;;;;;;;;;;;;;;;;;/h;;;;;;;2H,1H2;14*1H2;;;;;;;;;;;;;;/q7*+2;;;;;;;;;;;;;;;;;;;;;;;;;;;;;/p-14. The molecule has 38 heteroatoms. The summed E-state index contributed by atoms with van der Waals surface area (Å²) in [4.78, 5) is 2.75. The third-order valence-electron chi connectivity index (χ3n) is 0. The molecule has 0 radical (unpaired) electrons. The van der Waals surface area contributed by atoms with Crippen LogP contribution in [-0.2, 0) is 170 Å². The van der Waals surface area contributed by atoms with E-state index in [0.29, 0.717) is 0 Å². The van der Waals surface area contributed by atoms with Crippen molar-refractivity contribution in [3.8, 4) is 0 Å². The molecule has 0 aromatic heterocycles. The first-order chi connectivity index (χ1) is 15.4. The SMILES string of the molecule is NOO.[O]=[Mo](=[O])([OH])[OH].[O]=[Mo](=[O])([OH])[OH].[O]=[Mo](=[O])([OH])[OH].[O]=[Mo](=[O])([OH])[OH].[O]=[Mo](=[O])([OH])[OH].[O]=[Mo](=[O])([OH])[OH].[O]=[Mo](=[O])([OH])[OH]. The zero-order valence-corrected chi connectivity index (χ0v) is 30.3. The molecule has 0 rings (SSSR count). The van der Waals surface area contributed by atoms with Crippen molar-refractivity contribution in [3.63, 3.8) is 0 Å². The van der Waals surface area contributed by atoms with E-state index in [1.165, 1.54) is 0 Å². The van der Waals surface area contributed by atoms with Crippen molar-refractivity contribution < 1.29 is 228 Å². The first-order valence-electron chi connectivity index (χ1n) is 5.31. The van der Waals surface area contributed by atoms with Gasteiger partial charge in [-0.2, -0.15) is 5.90 Å². The molecule has 0 amide bonds. The molecule has 0 unspecified atom stereocenters. The van der Waals surface area contributed by atoms with Crippen molar-refractivity contribution >= 4 is 0 Å². The van der Waals surface area contributed by atoms with E-state index in [9.17, 15) is 0 Å². The number of hydrogen-bond acceptors (Lipinski definition) is 17. The van der Waals surface area contributed by atoms with E-state index < -0.39 is 117 Å². The van der Waals surface area contributed by atoms with Crippen LogP contribution in [0.1, 0.15) is 0 Å². The Morgan fingerprint density at radius 3 is 0.289 bits per heavy atom. The Hall–Kier alpha value is 1.34. The molecule has 0 aliphatic rings. The molecule has 31 nitrogen and oxygen atoms in total. The molecule has 0 saturated carbocycles. The second-order valence-corrected chi connectivity index (χ2v) is 18.7. The van der Waals surface area contributed by atoms with Crippen LogP contribution in [-0.4, -0.2) is 57.9 Å². The molecule has 0 aromatic rings. The molecule has 0 saturated heterocycles. The summed E-state index contributed by atoms with van der Waals surface area (Å²) in [5, 5.41) is 6.85. The average Bonchev–Trinajstić information content (AvgIpc) is 2.21. The molecule has 244 valence electrons. The van der Waals surface area contributed by atoms with Gasteiger partial charge in [-0.15, -0.1) is 4.99 Å². The molecule has 0 aliphatic heterocycles. The van der Waals surface area contributed by atoms with Gasteiger partial charge in [0.05, 0.1) is 0 Å². The summed E-state index contributed by atoms with van der Waals surface area (Å²) in [5.74, 6) is 3.90. The predicted molar refractivity (Wildman–Crippen MR) is 48.6 cm³/mol. The Kier molecular flexibility index (Phi) is 42.1. The van der Waals surface area contributed by atoms with Crippen LogP contribution < -0.4 is 5.90 Å². The summed E-state index contributed by atoms with van der Waals surface area (Å²) in [6.07, 6.45) is 0. The van der Waals surface area contributed by atoms with Gasteiger partial charge >= 0.3 is 217 Å². The van der Waals surface area contributed by atoms with E-state index in [0.717, 1.165) is 0 Å². The average molecular weight is 1180 g/mol. The van der Waals surface area contributed by atoms with E-state index in [1.807, 2.05) is 0 Å². The van der Waals surface area contributed by atoms with Crippen LogP contribution in [0.3, 0.4) is 0 Å². The molecule has 0 atom stereocenters. The van der Waals surface area contributed by atoms with E-state index in [1.54, 1.807) is 0 Å². The third-order valence-corrected chi connectivity index (χ3v) is 0. The van der Waals surface area contributed by atoms with Crippen molar-refractivity contribution in [1.82, 2.24) is 0 Å². The van der Waals surface area contributed by atoms with Crippen LogP contribution in [0.5, 0.6) is 0 Å². The molecular formula is H17Mo7NO30. The van der Waals surface area contributed by atoms with Gasteiger partial charge in [-0.25, -0.2) is 5.26 Å². The van der Waals surface area contributed by atoms with Crippen LogP contribution in [0.2, 0.25) is 0 Å². The van der Waals surface area contributed by atoms with Crippen LogP contribution in [0.25, 0.3) is 0 Å². The molecule has 0 fully saturated rings. The Balaban J connectivity index is -0.0000000453. The second-order valence-electron chi connectivity index (χ2n) is 3.24. The fourth-order valence-corrected chi connectivity index (χ4v) is 0. The van der Waals surface area contributed by atoms with Crippen LogP contribution in [0.4, 0.5) is 0 Å². The summed E-state index contributed by atoms with van der Waals surface area (Å²) >= 11 is -38.6. The Morgan fingerprint density at radius 2 is 0.289 bits per heavy atom. The van der Waals surface area contributed by atoms with Gasteiger partial charge in [0.1, 0.15) is 0 Å². The van der Waals surface area contributed by atoms with Gasteiger partial charge in [-0.3, -0.25) is 0 Å². The normalized spacial score (nSPS) is 11.2. The van der Waals surface area contributed by atoms with Gasteiger partial charge < -0.3 is 0 Å². The van der Waals surface area contributed by atoms with E-state index in [-0.39, 0.29) is 0 Å². The van der Waals surface area contributed by atoms with Gasteiger partial charge in [0, 0.05) is 0 Å². The van der Waals surface area contributed by atoms with Crippen LogP contribution in [0, 0.1) is 0 Å². The Morgan fingerprint density at radius 1 is 0.289 bits per heavy atom. The fraction of sp³-hybridized carbons (Fsp3) is 0. The first-order valence-corrected chi connectivity index (χ1v) is 29.3. The van der Waals surface area contributed by atoms with E-state index in [2.05, 4.69) is 10.9 Å². The first kappa shape index (κ1) is 58.9. The van der Waals surface area contributed by atoms with Crippen molar-refractivity contribution in [1.29, 1.82) is 0 Å². The van der Waals surface area contributed by atoms with Gasteiger partial charge in [0.2, 0.25) is 0 Å². The zero-order chi connectivity index (χ0) is 34.2. The summed E-state index contributed by atoms with van der Waals surface area (Å²) in [5.41, 5.74) is 0. The molecule has 17 N–H and O–H groups in total. The van der Waals surface area contributed by atoms with Gasteiger partial charge in [-0.1, -0.05) is 0 Å². The molecular weight excluding hydrogens is 1170 g/mol. The van der Waals surface area contributed by atoms with Crippen molar-refractivity contribution in [2.75, 3.05) is 0 Å². The molecule has 0 bridgehead atoms. The number of nitrogens with two attached hydrogens (primary N) is 1. The molecule has 0 aromatic carbocycles. The van der Waals surface area contributed by atoms with Crippen molar-refractivity contribution in [2.45, 2.75) is 0 Å². The number of rotatable bonds is 0. The summed E-state index contributed by atoms with van der Waals surface area (Å²) in [6.45, 7) is 0. The summed E-state index contributed by atoms with van der Waals surface area (Å²) < 4.78 is 224. The Bertz CT molecular complexity index is 926. The summed E-state index contributed by atoms with van der Waals surface area (Å²) in [6, 6.07) is 0. The van der Waals surface area contributed by atoms with Gasteiger partial charge in [0.25, 0.3) is 0 Å². The molecule has 0 spiro atoms. The monoisotopic (exact) mass is 1200 g/mol. The third kappa shape index (κ3) is 27500. The number of hydrogen-bond donors (Lipinski definition) is 16. The van der Waals surface area contributed by atoms with Crippen LogP contribution in [0.15, 0.2) is 0 Å². The summed E-state index contributed by atoms with van der Waals surface area (Å²) in [7, 11) is 0. The second kappa shape index (κ2) is 27.2. The predicted octanol–water partition coefficient (Wildman–Crippen LogP) is -10.1. The molecule has 38 heavy (non-hydrogen) atoms. The topological polar surface area (TPSA) is 578 Å². The van der Waals surface area contributed by atoms with Gasteiger partial charge in [-0.05, 0) is 0 Å². The maximum absolute atomic E-state index is 8.85. The minimum absolute atomic E-state index is 2.75. The fourth-order valence-electron chi connectivity index (χ4n) is 0. The quantitative estimate of drug-likeness (QED) is 0.0608. The molecule has 0 heterocycles.